The first-order valence-corrected chi connectivity index (χ1v) is 9.72. The highest BCUT2D eigenvalue weighted by atomic mass is 15.1. The van der Waals surface area contributed by atoms with E-state index in [0.717, 1.165) is 11.1 Å². The molecule has 138 valence electrons. The molecule has 0 radical (unpaired) electrons. The van der Waals surface area contributed by atoms with E-state index >= 15 is 0 Å². The Balaban J connectivity index is 0.000000197. The highest BCUT2D eigenvalue weighted by Crippen LogP contribution is 2.08. The highest BCUT2D eigenvalue weighted by molar-refractivity contribution is 5.86. The third-order valence-electron chi connectivity index (χ3n) is 4.51. The van der Waals surface area contributed by atoms with Crippen molar-refractivity contribution in [1.82, 2.24) is 9.57 Å². The predicted molar refractivity (Wildman–Crippen MR) is 114 cm³/mol. The number of piperidine rings is 1. The molecule has 0 spiro atoms. The Hall–Kier alpha value is -2.19. The highest BCUT2D eigenvalue weighted by Gasteiger charge is 2.14. The van der Waals surface area contributed by atoms with E-state index in [1.54, 1.807) is 0 Å². The van der Waals surface area contributed by atoms with Gasteiger partial charge < -0.3 is 10.6 Å². The van der Waals surface area contributed by atoms with Crippen LogP contribution in [-0.4, -0.2) is 43.0 Å². The molecular formula is C23H32N3+. The molecule has 0 amide bonds. The van der Waals surface area contributed by atoms with Crippen molar-refractivity contribution in [2.45, 2.75) is 38.6 Å². The van der Waals surface area contributed by atoms with Gasteiger partial charge in [-0.15, -0.1) is 0 Å². The molecule has 1 heterocycles. The van der Waals surface area contributed by atoms with Crippen LogP contribution in [0.25, 0.3) is 0 Å². The fourth-order valence-corrected chi connectivity index (χ4v) is 2.85. The summed E-state index contributed by atoms with van der Waals surface area (Å²) in [6, 6.07) is 20.6. The quantitative estimate of drug-likeness (QED) is 0.662. The summed E-state index contributed by atoms with van der Waals surface area (Å²) in [6.45, 7) is 5.97. The molecule has 3 rings (SSSR count). The van der Waals surface area contributed by atoms with Crippen LogP contribution in [0.3, 0.4) is 0 Å². The average Bonchev–Trinajstić information content (AvgIpc) is 2.70. The van der Waals surface area contributed by atoms with Crippen molar-refractivity contribution in [1.29, 1.82) is 0 Å². The molecule has 26 heavy (non-hydrogen) atoms. The van der Waals surface area contributed by atoms with Crippen LogP contribution < -0.4 is 10.4 Å². The molecule has 3 nitrogen and oxygen atoms in total. The van der Waals surface area contributed by atoms with Gasteiger partial charge in [0, 0.05) is 6.04 Å². The number of likely N-dealkylation sites (tertiary alicyclic amines) is 1. The van der Waals surface area contributed by atoms with E-state index in [4.69, 9.17) is 5.73 Å². The molecular weight excluding hydrogens is 318 g/mol. The second-order valence-electron chi connectivity index (χ2n) is 6.76. The number of unbranched alkanes of at least 4 members (excludes halogenated alkanes) is 1. The number of rotatable bonds is 5. The second kappa shape index (κ2) is 12.2. The molecule has 1 aliphatic rings. The van der Waals surface area contributed by atoms with E-state index in [2.05, 4.69) is 16.5 Å². The fourth-order valence-electron chi connectivity index (χ4n) is 2.85. The summed E-state index contributed by atoms with van der Waals surface area (Å²) in [5, 5.41) is 0. The van der Waals surface area contributed by atoms with Crippen LogP contribution in [0.1, 0.15) is 43.7 Å². The number of hydrogen-bond donors (Lipinski definition) is 1. The summed E-state index contributed by atoms with van der Waals surface area (Å²) in [7, 11) is 0. The SMILES string of the molecule is C(=[N+]=Cc1ccccc1)c1ccccc1.CCCCN1CCC(N)CC1. The lowest BCUT2D eigenvalue weighted by Gasteiger charge is -2.29. The lowest BCUT2D eigenvalue weighted by Crippen LogP contribution is -2.39. The van der Waals surface area contributed by atoms with Gasteiger partial charge >= 0.3 is 0 Å². The first-order chi connectivity index (χ1) is 12.8. The largest absolute Gasteiger partial charge is 0.328 e. The maximum Gasteiger partial charge on any atom is 0.299 e. The molecule has 2 aromatic rings. The average molecular weight is 351 g/mol. The van der Waals surface area contributed by atoms with E-state index in [9.17, 15) is 0 Å². The van der Waals surface area contributed by atoms with Crippen molar-refractivity contribution in [3.8, 4) is 0 Å². The molecule has 0 aromatic heterocycles. The maximum absolute atomic E-state index is 5.80. The van der Waals surface area contributed by atoms with Crippen LogP contribution in [0, 0.1) is 0 Å². The van der Waals surface area contributed by atoms with Crippen molar-refractivity contribution in [2.24, 2.45) is 5.73 Å². The van der Waals surface area contributed by atoms with Crippen LogP contribution in [-0.2, 0) is 0 Å². The molecule has 2 N–H and O–H groups in total. The molecule has 1 fully saturated rings. The third-order valence-corrected chi connectivity index (χ3v) is 4.51. The zero-order valence-electron chi connectivity index (χ0n) is 15.9. The molecule has 0 atom stereocenters. The van der Waals surface area contributed by atoms with Crippen molar-refractivity contribution in [3.05, 3.63) is 71.8 Å². The third kappa shape index (κ3) is 8.26. The van der Waals surface area contributed by atoms with Crippen LogP contribution in [0.5, 0.6) is 0 Å². The Morgan fingerprint density at radius 3 is 1.88 bits per heavy atom. The molecule has 0 saturated carbocycles. The molecule has 1 saturated heterocycles. The van der Waals surface area contributed by atoms with Gasteiger partial charge in [0.05, 0.1) is 11.1 Å². The van der Waals surface area contributed by atoms with E-state index in [1.165, 1.54) is 45.3 Å². The minimum atomic E-state index is 0.480. The Morgan fingerprint density at radius 1 is 0.923 bits per heavy atom. The number of nitrogens with zero attached hydrogens (tertiary/aromatic N) is 2. The Labute approximate surface area is 158 Å². The second-order valence-corrected chi connectivity index (χ2v) is 6.76. The first kappa shape index (κ1) is 20.1. The van der Waals surface area contributed by atoms with Gasteiger partial charge in [0.15, 0.2) is 0 Å². The van der Waals surface area contributed by atoms with Gasteiger partial charge in [-0.2, -0.15) is 0 Å². The van der Waals surface area contributed by atoms with Crippen LogP contribution >= 0.6 is 0 Å². The van der Waals surface area contributed by atoms with Gasteiger partial charge in [0.2, 0.25) is 0 Å². The molecule has 0 aliphatic carbocycles. The van der Waals surface area contributed by atoms with Crippen molar-refractivity contribution in [3.63, 3.8) is 0 Å². The first-order valence-electron chi connectivity index (χ1n) is 9.72. The molecule has 0 bridgehead atoms. The van der Waals surface area contributed by atoms with Gasteiger partial charge in [-0.3, -0.25) is 0 Å². The van der Waals surface area contributed by atoms with Crippen LogP contribution in [0.2, 0.25) is 0 Å². The van der Waals surface area contributed by atoms with Crippen LogP contribution in [0.15, 0.2) is 60.7 Å². The minimum Gasteiger partial charge on any atom is -0.328 e. The molecule has 0 unspecified atom stereocenters. The summed E-state index contributed by atoms with van der Waals surface area (Å²) in [6.07, 6.45) is 8.76. The summed E-state index contributed by atoms with van der Waals surface area (Å²) >= 11 is 0. The van der Waals surface area contributed by atoms with E-state index in [-0.39, 0.29) is 0 Å². The minimum absolute atomic E-state index is 0.480. The normalized spacial score (nSPS) is 14.7. The van der Waals surface area contributed by atoms with Gasteiger partial charge in [0.25, 0.3) is 12.4 Å². The van der Waals surface area contributed by atoms with Crippen molar-refractivity contribution >= 4 is 12.4 Å². The smallest absolute Gasteiger partial charge is 0.299 e. The predicted octanol–water partition coefficient (Wildman–Crippen LogP) is 3.50. The number of hydrogen-bond acceptors (Lipinski definition) is 2. The number of nitrogens with two attached hydrogens (primary N) is 1. The lowest BCUT2D eigenvalue weighted by atomic mass is 10.1. The Bertz CT molecular complexity index is 606. The van der Waals surface area contributed by atoms with Crippen LogP contribution in [0.4, 0.5) is 0 Å². The zero-order valence-corrected chi connectivity index (χ0v) is 15.9. The monoisotopic (exact) mass is 350 g/mol. The van der Waals surface area contributed by atoms with E-state index in [0.29, 0.717) is 6.04 Å². The van der Waals surface area contributed by atoms with Gasteiger partial charge in [-0.1, -0.05) is 54.4 Å². The summed E-state index contributed by atoms with van der Waals surface area (Å²) < 4.78 is 4.26. The summed E-state index contributed by atoms with van der Waals surface area (Å²) in [5.74, 6) is 0. The standard InChI is InChI=1S/C14H12N.C9H20N2/c1-3-7-13(8-4-1)11-15-12-14-9-5-2-6-10-14;1-2-3-6-11-7-4-9(10)5-8-11/h1-12H;9H,2-8,10H2,1H3/q+1;. The van der Waals surface area contributed by atoms with Crippen molar-refractivity contribution in [2.75, 3.05) is 19.6 Å². The van der Waals surface area contributed by atoms with E-state index in [1.807, 2.05) is 73.1 Å². The van der Waals surface area contributed by atoms with Gasteiger partial charge in [-0.25, -0.2) is 0 Å². The molecule has 1 aliphatic heterocycles. The Kier molecular flexibility index (Phi) is 9.45. The molecule has 3 heteroatoms. The fraction of sp³-hybridized carbons (Fsp3) is 0.391. The van der Waals surface area contributed by atoms with Gasteiger partial charge in [0.1, 0.15) is 0 Å². The lowest BCUT2D eigenvalue weighted by molar-refractivity contribution is 0.210. The zero-order chi connectivity index (χ0) is 18.5. The number of benzene rings is 2. The van der Waals surface area contributed by atoms with Gasteiger partial charge in [-0.05, 0) is 63.2 Å². The summed E-state index contributed by atoms with van der Waals surface area (Å²) in [4.78, 5) is 2.53. The topological polar surface area (TPSA) is 43.4 Å². The van der Waals surface area contributed by atoms with E-state index < -0.39 is 0 Å². The summed E-state index contributed by atoms with van der Waals surface area (Å²) in [5.41, 5.74) is 8.03. The van der Waals surface area contributed by atoms with Crippen molar-refractivity contribution < 1.29 is 0 Å². The maximum atomic E-state index is 5.80. The molecule has 2 aromatic carbocycles. The Morgan fingerprint density at radius 2 is 1.42 bits per heavy atom.